The molecule has 0 radical (unpaired) electrons. The van der Waals surface area contributed by atoms with Crippen molar-refractivity contribution in [1.82, 2.24) is 62.4 Å². The second-order valence-electron chi connectivity index (χ2n) is 22.4. The van der Waals surface area contributed by atoms with Gasteiger partial charge in [-0.3, -0.25) is 57.7 Å². The van der Waals surface area contributed by atoms with E-state index in [1.165, 1.54) is 17.4 Å². The molecule has 21 N–H and O–H groups in total. The Bertz CT molecular complexity index is 3150. The average molecular weight is 1300 g/mol. The summed E-state index contributed by atoms with van der Waals surface area (Å²) in [6, 6.07) is 2.50. The minimum absolute atomic E-state index is 0.0111. The molecule has 30 nitrogen and oxygen atoms in total. The molecule has 5 rings (SSSR count). The van der Waals surface area contributed by atoms with Gasteiger partial charge in [0.05, 0.1) is 12.4 Å². The lowest BCUT2D eigenvalue weighted by Crippen LogP contribution is -2.61. The molecule has 0 unspecified atom stereocenters. The van der Waals surface area contributed by atoms with Crippen LogP contribution in [0.5, 0.6) is 0 Å². The fraction of sp³-hybridized carbons (Fsp3) is 0.508. The van der Waals surface area contributed by atoms with E-state index in [2.05, 4.69) is 87.7 Å². The largest absolute Gasteiger partial charge is 0.481 e. The number of amides is 10. The maximum Gasteiger partial charge on any atom is 0.303 e. The molecule has 10 atom stereocenters. The molecule has 0 aliphatic carbocycles. The monoisotopic (exact) mass is 1300 g/mol. The maximum atomic E-state index is 15.0. The molecule has 0 saturated carbocycles. The molecule has 496 valence electrons. The van der Waals surface area contributed by atoms with Crippen LogP contribution in [0.3, 0.4) is 0 Å². The lowest BCUT2D eigenvalue weighted by Gasteiger charge is -2.31. The fourth-order valence-corrected chi connectivity index (χ4v) is 10.6. The first-order valence-corrected chi connectivity index (χ1v) is 31.2. The molecule has 4 aromatic rings. The van der Waals surface area contributed by atoms with Crippen molar-refractivity contribution in [3.63, 3.8) is 0 Å². The van der Waals surface area contributed by atoms with Crippen molar-refractivity contribution in [1.29, 1.82) is 0 Å². The number of unbranched alkanes of at least 4 members (excludes halogenated alkanes) is 1. The van der Waals surface area contributed by atoms with Crippen molar-refractivity contribution in [3.05, 3.63) is 90.1 Å². The van der Waals surface area contributed by atoms with E-state index in [0.29, 0.717) is 47.0 Å². The van der Waals surface area contributed by atoms with E-state index in [4.69, 9.17) is 28.7 Å². The quantitative estimate of drug-likeness (QED) is 0.00930. The number of benzene rings is 2. The van der Waals surface area contributed by atoms with E-state index in [1.807, 2.05) is 0 Å². The molecule has 1 aliphatic rings. The number of carboxylic acid groups (broad SMARTS) is 1. The van der Waals surface area contributed by atoms with Crippen LogP contribution in [0, 0.1) is 5.92 Å². The van der Waals surface area contributed by atoms with Gasteiger partial charge >= 0.3 is 5.97 Å². The number of aliphatic carboxylic acids is 1. The molecule has 3 heterocycles. The first-order chi connectivity index (χ1) is 43.4. The van der Waals surface area contributed by atoms with E-state index < -0.39 is 138 Å². The molecule has 1 fully saturated rings. The van der Waals surface area contributed by atoms with Gasteiger partial charge in [0.15, 0.2) is 5.96 Å². The normalized spacial score (nSPS) is 15.9. The van der Waals surface area contributed by atoms with Crippen LogP contribution in [0.4, 0.5) is 0 Å². The van der Waals surface area contributed by atoms with Gasteiger partial charge in [-0.1, -0.05) is 62.4 Å². The van der Waals surface area contributed by atoms with Crippen molar-refractivity contribution in [2.75, 3.05) is 31.1 Å². The molecule has 91 heavy (non-hydrogen) atoms. The van der Waals surface area contributed by atoms with Crippen molar-refractivity contribution in [2.24, 2.45) is 39.6 Å². The lowest BCUT2D eigenvalue weighted by atomic mass is 10.0. The topological polar surface area (TPSA) is 494 Å². The van der Waals surface area contributed by atoms with E-state index in [-0.39, 0.29) is 88.0 Å². The summed E-state index contributed by atoms with van der Waals surface area (Å²) < 4.78 is 0. The third-order valence-corrected chi connectivity index (χ3v) is 15.9. The number of H-pyrrole nitrogens is 2. The van der Waals surface area contributed by atoms with Crippen LogP contribution in [-0.4, -0.2) is 188 Å². The Morgan fingerprint density at radius 1 is 0.659 bits per heavy atom. The third-order valence-electron chi connectivity index (χ3n) is 15.1. The van der Waals surface area contributed by atoms with Crippen LogP contribution in [0.15, 0.2) is 78.3 Å². The third kappa shape index (κ3) is 22.9. The number of imidazole rings is 1. The number of hydrogen-bond acceptors (Lipinski definition) is 17. The maximum absolute atomic E-state index is 15.0. The number of likely N-dealkylation sites (tertiary alicyclic amines) is 1. The number of aliphatic imine (C=N–C) groups is 1. The molecule has 1 aliphatic heterocycles. The van der Waals surface area contributed by atoms with Crippen LogP contribution >= 0.6 is 25.3 Å². The first-order valence-electron chi connectivity index (χ1n) is 30.0. The van der Waals surface area contributed by atoms with Gasteiger partial charge in [0.1, 0.15) is 54.4 Å². The minimum atomic E-state index is -1.50. The number of carboxylic acids is 1. The van der Waals surface area contributed by atoms with Crippen LogP contribution in [0.1, 0.15) is 88.5 Å². The molecule has 32 heteroatoms. The number of carbonyl (C=O) groups is 11. The summed E-state index contributed by atoms with van der Waals surface area (Å²) in [4.78, 5) is 168. The zero-order chi connectivity index (χ0) is 66.7. The van der Waals surface area contributed by atoms with Crippen LogP contribution in [0.2, 0.25) is 0 Å². The SMILES string of the molecule is CC(C)[C@H](NC(=O)[C@@H]1CCCN1C(=O)[C@H](CCCCN)NC(=O)[C@H](CS)NC(=O)[C@H](Cc1c[nH]c2ccccc12)NC(=O)[C@H](CCCN=C(N)N)NC(=O)[C@H](Cc1ccccc1)NC(=O)[C@H](Cc1cnc[nH]1)NC(=O)[C@H](CCC(=O)O)NC(=O)[C@@H](N)CS)C(N)=O. The fourth-order valence-electron chi connectivity index (χ4n) is 10.2. The predicted octanol–water partition coefficient (Wildman–Crippen LogP) is -2.84. The Hall–Kier alpha value is -8.75. The highest BCUT2D eigenvalue weighted by molar-refractivity contribution is 7.80. The Kier molecular flexibility index (Phi) is 29.5. The molecule has 0 bridgehead atoms. The smallest absolute Gasteiger partial charge is 0.303 e. The number of rotatable bonds is 38. The summed E-state index contributed by atoms with van der Waals surface area (Å²) in [5.74, 6) is -10.3. The summed E-state index contributed by atoms with van der Waals surface area (Å²) in [5.41, 5.74) is 30.7. The van der Waals surface area contributed by atoms with Gasteiger partial charge in [0.2, 0.25) is 59.1 Å². The number of guanidine groups is 1. The van der Waals surface area contributed by atoms with E-state index in [0.717, 1.165) is 0 Å². The number of thiol groups is 2. The number of carbonyl (C=O) groups excluding carboxylic acids is 10. The number of fused-ring (bicyclic) bond motifs is 1. The number of para-hydroxylation sites is 1. The summed E-state index contributed by atoms with van der Waals surface area (Å²) in [5, 5.41) is 31.5. The molecular formula is C59H86N18O12S2. The van der Waals surface area contributed by atoms with Crippen molar-refractivity contribution < 1.29 is 57.8 Å². The van der Waals surface area contributed by atoms with E-state index in [1.54, 1.807) is 74.6 Å². The zero-order valence-corrected chi connectivity index (χ0v) is 52.6. The second-order valence-corrected chi connectivity index (χ2v) is 23.2. The highest BCUT2D eigenvalue weighted by atomic mass is 32.1. The van der Waals surface area contributed by atoms with Gasteiger partial charge in [0, 0.05) is 79.3 Å². The van der Waals surface area contributed by atoms with Crippen molar-refractivity contribution in [3.8, 4) is 0 Å². The van der Waals surface area contributed by atoms with Crippen LogP contribution in [0.25, 0.3) is 10.9 Å². The van der Waals surface area contributed by atoms with Crippen molar-refractivity contribution >= 4 is 107 Å². The summed E-state index contributed by atoms with van der Waals surface area (Å²) in [6.45, 7) is 3.88. The zero-order valence-electron chi connectivity index (χ0n) is 50.9. The Morgan fingerprint density at radius 3 is 1.81 bits per heavy atom. The number of hydrogen-bond donors (Lipinski definition) is 18. The molecular weight excluding hydrogens is 1220 g/mol. The highest BCUT2D eigenvalue weighted by Gasteiger charge is 2.41. The number of aromatic amines is 2. The molecule has 10 amide bonds. The number of nitrogens with two attached hydrogens (primary N) is 5. The van der Waals surface area contributed by atoms with Crippen molar-refractivity contribution in [2.45, 2.75) is 151 Å². The van der Waals surface area contributed by atoms with Gasteiger partial charge in [0.25, 0.3) is 0 Å². The Balaban J connectivity index is 1.45. The number of primary amides is 1. The van der Waals surface area contributed by atoms with Gasteiger partial charge in [-0.25, -0.2) is 4.98 Å². The average Bonchev–Trinajstić information content (AvgIpc) is 2.86. The highest BCUT2D eigenvalue weighted by Crippen LogP contribution is 2.22. The summed E-state index contributed by atoms with van der Waals surface area (Å²) in [6.07, 6.45) is 4.48. The van der Waals surface area contributed by atoms with Crippen LogP contribution in [-0.2, 0) is 72.0 Å². The Labute approximate surface area is 537 Å². The molecule has 0 spiro atoms. The molecule has 1 saturated heterocycles. The lowest BCUT2D eigenvalue weighted by molar-refractivity contribution is -0.142. The molecule has 2 aromatic heterocycles. The Morgan fingerprint density at radius 2 is 1.22 bits per heavy atom. The number of nitrogens with zero attached hydrogens (tertiary/aromatic N) is 3. The standard InChI is InChI=1S/C59H86N18O12S2/c1-32(2)48(49(62)80)76-57(88)46-18-11-23-77(46)58(89)41(16-8-9-21-60)71-56(87)45(30-91)75-54(85)43(25-34-27-67-38-15-7-6-14-36(34)38)73-51(82)39(17-10-22-66-59(63)64)70-53(84)42(24-33-12-4-3-5-13-33)72-55(86)44(26-35-28-65-31-68-35)74-52(83)40(19-20-47(78)79)69-50(81)37(61)29-90/h3-7,12-15,27-28,31-32,37,39-46,48,67,90-91H,8-11,16-26,29-30,60-61H2,1-2H3,(H2,62,80)(H,65,68)(H,69,81)(H,70,84)(H,71,87)(H,72,86)(H,73,82)(H,74,83)(H,75,85)(H,76,88)(H,78,79)(H4,63,64,66)/t37-,39-,40-,41-,42-,43-,44-,45-,46-,48-/m0/s1. The summed E-state index contributed by atoms with van der Waals surface area (Å²) >= 11 is 8.46. The van der Waals surface area contributed by atoms with Gasteiger partial charge in [-0.05, 0) is 81.0 Å². The predicted molar refractivity (Wildman–Crippen MR) is 344 cm³/mol. The minimum Gasteiger partial charge on any atom is -0.481 e. The number of aromatic nitrogens is 3. The first kappa shape index (κ1) is 73.0. The summed E-state index contributed by atoms with van der Waals surface area (Å²) in [7, 11) is 0. The second kappa shape index (κ2) is 36.8. The molecule has 2 aromatic carbocycles. The van der Waals surface area contributed by atoms with Gasteiger partial charge in [-0.2, -0.15) is 25.3 Å². The van der Waals surface area contributed by atoms with Gasteiger partial charge in [-0.15, -0.1) is 0 Å². The van der Waals surface area contributed by atoms with Gasteiger partial charge < -0.3 is 91.2 Å². The van der Waals surface area contributed by atoms with E-state index in [9.17, 15) is 57.8 Å². The van der Waals surface area contributed by atoms with Crippen LogP contribution < -0.4 is 71.2 Å². The number of nitrogens with one attached hydrogen (secondary N) is 10. The van der Waals surface area contributed by atoms with E-state index >= 15 is 0 Å².